The third kappa shape index (κ3) is 2.81. The molecule has 5 heteroatoms. The molecule has 4 nitrogen and oxygen atoms in total. The molecule has 1 unspecified atom stereocenters. The van der Waals surface area contributed by atoms with Crippen molar-refractivity contribution in [2.24, 2.45) is 0 Å². The Balaban J connectivity index is 1.93. The first-order valence-corrected chi connectivity index (χ1v) is 5.45. The number of halogens is 1. The fourth-order valence-electron chi connectivity index (χ4n) is 1.87. The highest BCUT2D eigenvalue weighted by Gasteiger charge is 2.22. The first-order chi connectivity index (χ1) is 8.19. The van der Waals surface area contributed by atoms with Crippen LogP contribution in [0.1, 0.15) is 16.8 Å². The van der Waals surface area contributed by atoms with E-state index in [1.165, 1.54) is 24.3 Å². The van der Waals surface area contributed by atoms with Gasteiger partial charge in [-0.1, -0.05) is 0 Å². The van der Waals surface area contributed by atoms with Crippen LogP contribution in [0.15, 0.2) is 24.3 Å². The van der Waals surface area contributed by atoms with E-state index in [0.29, 0.717) is 18.7 Å². The van der Waals surface area contributed by atoms with E-state index >= 15 is 0 Å². The lowest BCUT2D eigenvalue weighted by Crippen LogP contribution is -2.36. The summed E-state index contributed by atoms with van der Waals surface area (Å²) < 4.78 is 12.7. The number of carbonyl (C=O) groups excluding carboxylic acids is 2. The second kappa shape index (κ2) is 4.95. The first-order valence-electron chi connectivity index (χ1n) is 5.45. The molecule has 1 heterocycles. The van der Waals surface area contributed by atoms with Crippen LogP contribution >= 0.6 is 0 Å². The van der Waals surface area contributed by atoms with E-state index in [2.05, 4.69) is 5.32 Å². The molecule has 0 saturated carbocycles. The highest BCUT2D eigenvalue weighted by Crippen LogP contribution is 2.08. The van der Waals surface area contributed by atoms with E-state index in [0.717, 1.165) is 12.8 Å². The maximum atomic E-state index is 12.7. The molecular formula is C12H13FN2O2. The highest BCUT2D eigenvalue weighted by molar-refractivity contribution is 5.94. The summed E-state index contributed by atoms with van der Waals surface area (Å²) in [5, 5.41) is 2.82. The molecule has 2 rings (SSSR count). The van der Waals surface area contributed by atoms with Gasteiger partial charge in [-0.15, -0.1) is 0 Å². The minimum Gasteiger partial charge on any atom is -0.347 e. The SMILES string of the molecule is O=CN1CCC(NC(=O)c2ccc(F)cc2)C1. The van der Waals surface area contributed by atoms with Crippen LogP contribution in [0.2, 0.25) is 0 Å². The van der Waals surface area contributed by atoms with Gasteiger partial charge >= 0.3 is 0 Å². The third-order valence-corrected chi connectivity index (χ3v) is 2.81. The number of nitrogens with zero attached hydrogens (tertiary/aromatic N) is 1. The van der Waals surface area contributed by atoms with Crippen molar-refractivity contribution < 1.29 is 14.0 Å². The lowest BCUT2D eigenvalue weighted by molar-refractivity contribution is -0.117. The van der Waals surface area contributed by atoms with Crippen molar-refractivity contribution in [2.45, 2.75) is 12.5 Å². The van der Waals surface area contributed by atoms with E-state index in [9.17, 15) is 14.0 Å². The van der Waals surface area contributed by atoms with Crippen LogP contribution in [-0.2, 0) is 4.79 Å². The van der Waals surface area contributed by atoms with Crippen molar-refractivity contribution in [3.63, 3.8) is 0 Å². The zero-order valence-corrected chi connectivity index (χ0v) is 9.23. The molecule has 0 aliphatic carbocycles. The standard InChI is InChI=1S/C12H13FN2O2/c13-10-3-1-9(2-4-10)12(17)14-11-5-6-15(7-11)8-16/h1-4,8,11H,5-7H2,(H,14,17). The number of hydrogen-bond acceptors (Lipinski definition) is 2. The van der Waals surface area contributed by atoms with E-state index < -0.39 is 0 Å². The van der Waals surface area contributed by atoms with Gasteiger partial charge in [0.25, 0.3) is 5.91 Å². The van der Waals surface area contributed by atoms with Gasteiger partial charge in [0.1, 0.15) is 5.82 Å². The van der Waals surface area contributed by atoms with E-state index in [1.807, 2.05) is 0 Å². The highest BCUT2D eigenvalue weighted by atomic mass is 19.1. The largest absolute Gasteiger partial charge is 0.347 e. The summed E-state index contributed by atoms with van der Waals surface area (Å²) in [6.07, 6.45) is 1.54. The average molecular weight is 236 g/mol. The van der Waals surface area contributed by atoms with Crippen molar-refractivity contribution in [1.82, 2.24) is 10.2 Å². The smallest absolute Gasteiger partial charge is 0.251 e. The molecule has 1 atom stereocenters. The molecule has 1 aliphatic rings. The fraction of sp³-hybridized carbons (Fsp3) is 0.333. The minimum absolute atomic E-state index is 0.0160. The number of nitrogens with one attached hydrogen (secondary N) is 1. The van der Waals surface area contributed by atoms with Gasteiger partial charge in [-0.2, -0.15) is 0 Å². The second-order valence-electron chi connectivity index (χ2n) is 4.07. The molecule has 1 saturated heterocycles. The second-order valence-corrected chi connectivity index (χ2v) is 4.07. The van der Waals surface area contributed by atoms with E-state index in [1.54, 1.807) is 4.90 Å². The zero-order chi connectivity index (χ0) is 12.3. The molecule has 0 bridgehead atoms. The van der Waals surface area contributed by atoms with Crippen LogP contribution in [-0.4, -0.2) is 36.3 Å². The van der Waals surface area contributed by atoms with Crippen LogP contribution in [0.3, 0.4) is 0 Å². The molecule has 17 heavy (non-hydrogen) atoms. The van der Waals surface area contributed by atoms with Gasteiger partial charge in [-0.3, -0.25) is 9.59 Å². The predicted molar refractivity (Wildman–Crippen MR) is 59.9 cm³/mol. The summed E-state index contributed by atoms with van der Waals surface area (Å²) in [6.45, 7) is 1.20. The van der Waals surface area contributed by atoms with Crippen LogP contribution in [0, 0.1) is 5.82 Å². The maximum absolute atomic E-state index is 12.7. The van der Waals surface area contributed by atoms with Gasteiger partial charge < -0.3 is 10.2 Å². The van der Waals surface area contributed by atoms with Gasteiger partial charge in [0.15, 0.2) is 0 Å². The van der Waals surface area contributed by atoms with Crippen LogP contribution < -0.4 is 5.32 Å². The van der Waals surface area contributed by atoms with Crippen molar-refractivity contribution in [3.05, 3.63) is 35.6 Å². The number of likely N-dealkylation sites (tertiary alicyclic amines) is 1. The molecule has 1 fully saturated rings. The number of hydrogen-bond donors (Lipinski definition) is 1. The summed E-state index contributed by atoms with van der Waals surface area (Å²) in [5.41, 5.74) is 0.427. The van der Waals surface area contributed by atoms with Gasteiger partial charge in [0, 0.05) is 24.7 Å². The molecule has 1 N–H and O–H groups in total. The van der Waals surface area contributed by atoms with E-state index in [-0.39, 0.29) is 17.8 Å². The summed E-state index contributed by atoms with van der Waals surface area (Å²) in [5.74, 6) is -0.600. The lowest BCUT2D eigenvalue weighted by Gasteiger charge is -2.12. The van der Waals surface area contributed by atoms with Gasteiger partial charge in [0.2, 0.25) is 6.41 Å². The number of amides is 2. The Hall–Kier alpha value is -1.91. The number of carbonyl (C=O) groups is 2. The molecule has 1 aromatic carbocycles. The van der Waals surface area contributed by atoms with Crippen molar-refractivity contribution >= 4 is 12.3 Å². The van der Waals surface area contributed by atoms with Gasteiger partial charge in [-0.25, -0.2) is 4.39 Å². The Morgan fingerprint density at radius 2 is 2.12 bits per heavy atom. The minimum atomic E-state index is -0.366. The molecule has 0 radical (unpaired) electrons. The molecular weight excluding hydrogens is 223 g/mol. The molecule has 0 aromatic heterocycles. The normalized spacial score (nSPS) is 19.1. The summed E-state index contributed by atoms with van der Waals surface area (Å²) in [6, 6.07) is 5.37. The van der Waals surface area contributed by atoms with Crippen LogP contribution in [0.25, 0.3) is 0 Å². The molecule has 0 spiro atoms. The van der Waals surface area contributed by atoms with Gasteiger partial charge in [0.05, 0.1) is 0 Å². The summed E-state index contributed by atoms with van der Waals surface area (Å²) in [4.78, 5) is 23.9. The third-order valence-electron chi connectivity index (χ3n) is 2.81. The topological polar surface area (TPSA) is 49.4 Å². The Morgan fingerprint density at radius 1 is 1.41 bits per heavy atom. The Kier molecular flexibility index (Phi) is 3.37. The van der Waals surface area contributed by atoms with Crippen molar-refractivity contribution in [3.8, 4) is 0 Å². The Bertz CT molecular complexity index is 419. The van der Waals surface area contributed by atoms with Crippen LogP contribution in [0.4, 0.5) is 4.39 Å². The number of rotatable bonds is 3. The summed E-state index contributed by atoms with van der Waals surface area (Å²) >= 11 is 0. The van der Waals surface area contributed by atoms with Crippen molar-refractivity contribution in [2.75, 3.05) is 13.1 Å². The lowest BCUT2D eigenvalue weighted by atomic mass is 10.2. The number of benzene rings is 1. The molecule has 1 aliphatic heterocycles. The first kappa shape index (κ1) is 11.6. The predicted octanol–water partition coefficient (Wildman–Crippen LogP) is 0.786. The van der Waals surface area contributed by atoms with Crippen molar-refractivity contribution in [1.29, 1.82) is 0 Å². The molecule has 2 amide bonds. The average Bonchev–Trinajstić information content (AvgIpc) is 2.77. The van der Waals surface area contributed by atoms with Crippen LogP contribution in [0.5, 0.6) is 0 Å². The zero-order valence-electron chi connectivity index (χ0n) is 9.23. The molecule has 90 valence electrons. The fourth-order valence-corrected chi connectivity index (χ4v) is 1.87. The monoisotopic (exact) mass is 236 g/mol. The summed E-state index contributed by atoms with van der Waals surface area (Å²) in [7, 11) is 0. The quantitative estimate of drug-likeness (QED) is 0.789. The Morgan fingerprint density at radius 3 is 2.71 bits per heavy atom. The van der Waals surface area contributed by atoms with Gasteiger partial charge in [-0.05, 0) is 30.7 Å². The Labute approximate surface area is 98.4 Å². The maximum Gasteiger partial charge on any atom is 0.251 e. The van der Waals surface area contributed by atoms with E-state index in [4.69, 9.17) is 0 Å². The molecule has 1 aromatic rings.